The maximum absolute atomic E-state index is 12.1. The summed E-state index contributed by atoms with van der Waals surface area (Å²) in [6, 6.07) is 9.50. The molecular weight excluding hydrogens is 228 g/mol. The Morgan fingerprint density at radius 3 is 2.61 bits per heavy atom. The molecule has 0 saturated heterocycles. The van der Waals surface area contributed by atoms with Crippen LogP contribution in [0.4, 0.5) is 0 Å². The standard InChI is InChI=1S/C14H12N2O2/c17-13-11-7-4-8-15-12(11)14(18)16(13)9-10-5-2-1-3-6-10/h1-7,15H,8-9H2. The van der Waals surface area contributed by atoms with E-state index in [9.17, 15) is 9.59 Å². The fraction of sp³-hybridized carbons (Fsp3) is 0.143. The number of benzene rings is 1. The normalized spacial score (nSPS) is 18.1. The van der Waals surface area contributed by atoms with Crippen molar-refractivity contribution in [3.63, 3.8) is 0 Å². The summed E-state index contributed by atoms with van der Waals surface area (Å²) in [5.74, 6) is -0.453. The van der Waals surface area contributed by atoms with Gasteiger partial charge in [-0.1, -0.05) is 36.4 Å². The molecule has 2 aliphatic rings. The van der Waals surface area contributed by atoms with Gasteiger partial charge in [0.1, 0.15) is 5.70 Å². The zero-order valence-corrected chi connectivity index (χ0v) is 9.72. The molecule has 3 rings (SSSR count). The number of hydrogen-bond donors (Lipinski definition) is 1. The average Bonchev–Trinajstić information content (AvgIpc) is 2.66. The molecule has 0 aliphatic carbocycles. The Hall–Kier alpha value is -2.36. The summed E-state index contributed by atoms with van der Waals surface area (Å²) in [4.78, 5) is 25.5. The number of imide groups is 1. The van der Waals surface area contributed by atoms with Gasteiger partial charge in [-0.2, -0.15) is 0 Å². The number of carbonyl (C=O) groups excluding carboxylic acids is 2. The molecule has 18 heavy (non-hydrogen) atoms. The van der Waals surface area contributed by atoms with E-state index in [1.807, 2.05) is 36.4 Å². The van der Waals surface area contributed by atoms with E-state index in [4.69, 9.17) is 0 Å². The van der Waals surface area contributed by atoms with E-state index >= 15 is 0 Å². The SMILES string of the molecule is O=C1C2=C(NCC=C2)C(=O)N1Cc1ccccc1. The van der Waals surface area contributed by atoms with E-state index < -0.39 is 0 Å². The molecule has 1 N–H and O–H groups in total. The van der Waals surface area contributed by atoms with Gasteiger partial charge in [0.25, 0.3) is 11.8 Å². The lowest BCUT2D eigenvalue weighted by Gasteiger charge is -2.14. The van der Waals surface area contributed by atoms with Gasteiger partial charge >= 0.3 is 0 Å². The summed E-state index contributed by atoms with van der Waals surface area (Å²) >= 11 is 0. The first-order valence-corrected chi connectivity index (χ1v) is 5.82. The highest BCUT2D eigenvalue weighted by Gasteiger charge is 2.37. The van der Waals surface area contributed by atoms with Crippen molar-refractivity contribution < 1.29 is 9.59 Å². The van der Waals surface area contributed by atoms with Gasteiger partial charge < -0.3 is 5.32 Å². The molecule has 2 amide bonds. The van der Waals surface area contributed by atoms with Crippen LogP contribution in [-0.2, 0) is 16.1 Å². The van der Waals surface area contributed by atoms with E-state index in [0.29, 0.717) is 24.4 Å². The van der Waals surface area contributed by atoms with E-state index in [2.05, 4.69) is 5.32 Å². The minimum atomic E-state index is -0.233. The van der Waals surface area contributed by atoms with Gasteiger partial charge in [-0.3, -0.25) is 14.5 Å². The van der Waals surface area contributed by atoms with Gasteiger partial charge in [0.05, 0.1) is 12.1 Å². The Bertz CT molecular complexity index is 573. The van der Waals surface area contributed by atoms with Gasteiger partial charge in [-0.15, -0.1) is 0 Å². The summed E-state index contributed by atoms with van der Waals surface area (Å²) in [5, 5.41) is 2.96. The van der Waals surface area contributed by atoms with Crippen LogP contribution in [0.2, 0.25) is 0 Å². The first kappa shape index (κ1) is 10.8. The van der Waals surface area contributed by atoms with Crippen LogP contribution in [0.5, 0.6) is 0 Å². The molecule has 90 valence electrons. The monoisotopic (exact) mass is 240 g/mol. The highest BCUT2D eigenvalue weighted by Crippen LogP contribution is 2.23. The molecule has 0 spiro atoms. The second-order valence-corrected chi connectivity index (χ2v) is 4.25. The first-order chi connectivity index (χ1) is 8.77. The second kappa shape index (κ2) is 4.14. The quantitative estimate of drug-likeness (QED) is 0.784. The molecule has 0 radical (unpaired) electrons. The largest absolute Gasteiger partial charge is 0.376 e. The number of carbonyl (C=O) groups is 2. The molecule has 1 aromatic rings. The molecule has 0 fully saturated rings. The maximum Gasteiger partial charge on any atom is 0.277 e. The van der Waals surface area contributed by atoms with Crippen LogP contribution in [0, 0.1) is 0 Å². The van der Waals surface area contributed by atoms with E-state index in [1.54, 1.807) is 6.08 Å². The summed E-state index contributed by atoms with van der Waals surface area (Å²) in [6.45, 7) is 0.915. The average molecular weight is 240 g/mol. The van der Waals surface area contributed by atoms with E-state index in [1.165, 1.54) is 4.90 Å². The minimum Gasteiger partial charge on any atom is -0.376 e. The Kier molecular flexibility index (Phi) is 2.48. The van der Waals surface area contributed by atoms with Gasteiger partial charge in [0.15, 0.2) is 0 Å². The fourth-order valence-corrected chi connectivity index (χ4v) is 2.17. The molecule has 0 atom stereocenters. The summed E-state index contributed by atoms with van der Waals surface area (Å²) < 4.78 is 0. The molecule has 0 unspecified atom stereocenters. The van der Waals surface area contributed by atoms with Gasteiger partial charge in [0.2, 0.25) is 0 Å². The van der Waals surface area contributed by atoms with Crippen LogP contribution in [0.15, 0.2) is 53.8 Å². The Labute approximate surface area is 105 Å². The van der Waals surface area contributed by atoms with E-state index in [0.717, 1.165) is 5.56 Å². The fourth-order valence-electron chi connectivity index (χ4n) is 2.17. The number of rotatable bonds is 2. The van der Waals surface area contributed by atoms with Crippen LogP contribution in [-0.4, -0.2) is 23.3 Å². The number of dihydropyridines is 1. The van der Waals surface area contributed by atoms with Crippen LogP contribution < -0.4 is 5.32 Å². The van der Waals surface area contributed by atoms with Crippen LogP contribution in [0.1, 0.15) is 5.56 Å². The highest BCUT2D eigenvalue weighted by atomic mass is 16.2. The van der Waals surface area contributed by atoms with Crippen molar-refractivity contribution in [2.45, 2.75) is 6.54 Å². The predicted molar refractivity (Wildman–Crippen MR) is 66.2 cm³/mol. The van der Waals surface area contributed by atoms with Crippen LogP contribution in [0.25, 0.3) is 0 Å². The molecule has 0 saturated carbocycles. The summed E-state index contributed by atoms with van der Waals surface area (Å²) in [7, 11) is 0. The molecule has 1 aromatic carbocycles. The van der Waals surface area contributed by atoms with Crippen LogP contribution in [0.3, 0.4) is 0 Å². The van der Waals surface area contributed by atoms with Crippen molar-refractivity contribution in [1.29, 1.82) is 0 Å². The third kappa shape index (κ3) is 1.62. The van der Waals surface area contributed by atoms with Crippen molar-refractivity contribution in [3.05, 3.63) is 59.3 Å². The minimum absolute atomic E-state index is 0.220. The number of nitrogens with zero attached hydrogens (tertiary/aromatic N) is 1. The molecule has 2 heterocycles. The van der Waals surface area contributed by atoms with Crippen molar-refractivity contribution in [1.82, 2.24) is 10.2 Å². The third-order valence-electron chi connectivity index (χ3n) is 3.07. The molecule has 0 bridgehead atoms. The van der Waals surface area contributed by atoms with Gasteiger partial charge in [-0.05, 0) is 11.6 Å². The highest BCUT2D eigenvalue weighted by molar-refractivity contribution is 6.20. The molecular formula is C14H12N2O2. The zero-order valence-electron chi connectivity index (χ0n) is 9.72. The Balaban J connectivity index is 1.86. The summed E-state index contributed by atoms with van der Waals surface area (Å²) in [5.41, 5.74) is 1.85. The number of amides is 2. The van der Waals surface area contributed by atoms with Crippen molar-refractivity contribution >= 4 is 11.8 Å². The lowest BCUT2D eigenvalue weighted by atomic mass is 10.1. The number of nitrogens with one attached hydrogen (secondary N) is 1. The zero-order chi connectivity index (χ0) is 12.5. The topological polar surface area (TPSA) is 49.4 Å². The maximum atomic E-state index is 12.1. The predicted octanol–water partition coefficient (Wildman–Crippen LogP) is 0.969. The smallest absolute Gasteiger partial charge is 0.277 e. The Morgan fingerprint density at radius 2 is 1.89 bits per heavy atom. The third-order valence-corrected chi connectivity index (χ3v) is 3.07. The van der Waals surface area contributed by atoms with E-state index in [-0.39, 0.29) is 11.8 Å². The Morgan fingerprint density at radius 1 is 1.11 bits per heavy atom. The molecule has 4 heteroatoms. The van der Waals surface area contributed by atoms with Crippen molar-refractivity contribution in [2.24, 2.45) is 0 Å². The lowest BCUT2D eigenvalue weighted by Crippen LogP contribution is -2.32. The van der Waals surface area contributed by atoms with Crippen molar-refractivity contribution in [3.8, 4) is 0 Å². The molecule has 0 aromatic heterocycles. The number of hydrogen-bond acceptors (Lipinski definition) is 3. The summed E-state index contributed by atoms with van der Waals surface area (Å²) in [6.07, 6.45) is 3.56. The lowest BCUT2D eigenvalue weighted by molar-refractivity contribution is -0.138. The second-order valence-electron chi connectivity index (χ2n) is 4.25. The van der Waals surface area contributed by atoms with Gasteiger partial charge in [0, 0.05) is 6.54 Å². The van der Waals surface area contributed by atoms with Gasteiger partial charge in [-0.25, -0.2) is 0 Å². The molecule has 2 aliphatic heterocycles. The van der Waals surface area contributed by atoms with Crippen molar-refractivity contribution in [2.75, 3.05) is 6.54 Å². The first-order valence-electron chi connectivity index (χ1n) is 5.82. The van der Waals surface area contributed by atoms with Crippen LogP contribution >= 0.6 is 0 Å². The molecule has 4 nitrogen and oxygen atoms in total.